The zero-order valence-electron chi connectivity index (χ0n) is 17.9. The Balaban J connectivity index is 1.58. The van der Waals surface area contributed by atoms with Crippen molar-refractivity contribution in [3.63, 3.8) is 0 Å². The van der Waals surface area contributed by atoms with Gasteiger partial charge in [-0.3, -0.25) is 4.68 Å². The highest BCUT2D eigenvalue weighted by atomic mass is 35.5. The maximum Gasteiger partial charge on any atom is 0.322 e. The number of carbonyl (C=O) groups is 1. The number of nitrogens with zero attached hydrogens (tertiary/aromatic N) is 4. The van der Waals surface area contributed by atoms with Gasteiger partial charge < -0.3 is 19.4 Å². The van der Waals surface area contributed by atoms with Crippen molar-refractivity contribution in [2.24, 2.45) is 0 Å². The summed E-state index contributed by atoms with van der Waals surface area (Å²) in [4.78, 5) is 19.1. The topological polar surface area (TPSA) is 85.4 Å². The Hall–Kier alpha value is -2.84. The third kappa shape index (κ3) is 4.60. The molecular formula is C22H26ClN5O3. The molecule has 3 aromatic rings. The van der Waals surface area contributed by atoms with Crippen LogP contribution in [0.2, 0.25) is 5.02 Å². The highest BCUT2D eigenvalue weighted by Gasteiger charge is 2.30. The Morgan fingerprint density at radius 1 is 1.35 bits per heavy atom. The van der Waals surface area contributed by atoms with Crippen LogP contribution in [0.15, 0.2) is 28.8 Å². The van der Waals surface area contributed by atoms with Crippen LogP contribution >= 0.6 is 11.6 Å². The number of carbonyl (C=O) groups excluding carboxylic acids is 1. The van der Waals surface area contributed by atoms with Gasteiger partial charge >= 0.3 is 6.03 Å². The van der Waals surface area contributed by atoms with Crippen molar-refractivity contribution in [1.82, 2.24) is 19.7 Å². The number of ether oxygens (including phenoxy) is 1. The Labute approximate surface area is 186 Å². The number of hydrogen-bond acceptors (Lipinski definition) is 5. The van der Waals surface area contributed by atoms with Crippen molar-refractivity contribution < 1.29 is 13.9 Å². The predicted octanol–water partition coefficient (Wildman–Crippen LogP) is 4.44. The van der Waals surface area contributed by atoms with Crippen LogP contribution in [0.3, 0.4) is 0 Å². The zero-order valence-corrected chi connectivity index (χ0v) is 18.7. The molecule has 0 saturated carbocycles. The van der Waals surface area contributed by atoms with Crippen LogP contribution in [-0.4, -0.2) is 45.5 Å². The van der Waals surface area contributed by atoms with E-state index in [1.807, 2.05) is 43.7 Å². The van der Waals surface area contributed by atoms with Gasteiger partial charge in [0.1, 0.15) is 5.76 Å². The average Bonchev–Trinajstić information content (AvgIpc) is 3.33. The Morgan fingerprint density at radius 3 is 2.90 bits per heavy atom. The first-order valence-corrected chi connectivity index (χ1v) is 10.7. The van der Waals surface area contributed by atoms with Gasteiger partial charge in [0.05, 0.1) is 36.6 Å². The monoisotopic (exact) mass is 443 g/mol. The molecule has 0 saturated heterocycles. The van der Waals surface area contributed by atoms with Crippen LogP contribution in [0, 0.1) is 13.8 Å². The van der Waals surface area contributed by atoms with Gasteiger partial charge in [-0.2, -0.15) is 5.10 Å². The lowest BCUT2D eigenvalue weighted by Crippen LogP contribution is -2.39. The summed E-state index contributed by atoms with van der Waals surface area (Å²) in [5, 5.41) is 8.19. The first-order chi connectivity index (χ1) is 15.0. The molecular weight excluding hydrogens is 418 g/mol. The first kappa shape index (κ1) is 21.4. The van der Waals surface area contributed by atoms with Crippen molar-refractivity contribution in [2.45, 2.75) is 40.3 Å². The Kier molecular flexibility index (Phi) is 6.29. The Bertz CT molecular complexity index is 1090. The molecule has 1 aliphatic rings. The summed E-state index contributed by atoms with van der Waals surface area (Å²) in [6.45, 7) is 8.63. The number of aryl methyl sites for hydroxylation is 2. The molecule has 164 valence electrons. The summed E-state index contributed by atoms with van der Waals surface area (Å²) in [7, 11) is 0. The van der Waals surface area contributed by atoms with E-state index in [0.29, 0.717) is 67.3 Å². The quantitative estimate of drug-likeness (QED) is 0.569. The molecule has 8 nitrogen and oxygen atoms in total. The van der Waals surface area contributed by atoms with E-state index in [1.54, 1.807) is 11.1 Å². The molecule has 0 aliphatic carbocycles. The second kappa shape index (κ2) is 9.11. The van der Waals surface area contributed by atoms with Gasteiger partial charge in [-0.05, 0) is 38.5 Å². The molecule has 0 atom stereocenters. The zero-order chi connectivity index (χ0) is 22.0. The number of benzene rings is 1. The molecule has 0 unspecified atom stereocenters. The van der Waals surface area contributed by atoms with Crippen LogP contribution < -0.4 is 5.32 Å². The number of oxazole rings is 1. The van der Waals surface area contributed by atoms with Gasteiger partial charge in [0.25, 0.3) is 0 Å². The van der Waals surface area contributed by atoms with E-state index in [1.165, 1.54) is 0 Å². The summed E-state index contributed by atoms with van der Waals surface area (Å²) >= 11 is 6.29. The number of fused-ring (bicyclic) bond motifs is 1. The minimum Gasteiger partial charge on any atom is -0.440 e. The lowest BCUT2D eigenvalue weighted by molar-refractivity contribution is 0.135. The lowest BCUT2D eigenvalue weighted by Gasteiger charge is -2.28. The number of anilines is 1. The molecule has 0 radical (unpaired) electrons. The summed E-state index contributed by atoms with van der Waals surface area (Å²) in [6, 6.07) is 5.36. The number of amides is 2. The minimum absolute atomic E-state index is 0.201. The van der Waals surface area contributed by atoms with Gasteiger partial charge in [0, 0.05) is 30.8 Å². The Morgan fingerprint density at radius 2 is 2.19 bits per heavy atom. The van der Waals surface area contributed by atoms with E-state index < -0.39 is 0 Å². The molecule has 3 heterocycles. The van der Waals surface area contributed by atoms with Crippen molar-refractivity contribution in [1.29, 1.82) is 0 Å². The van der Waals surface area contributed by atoms with Crippen LogP contribution in [0.1, 0.15) is 29.5 Å². The van der Waals surface area contributed by atoms with Gasteiger partial charge in [-0.25, -0.2) is 9.78 Å². The molecule has 31 heavy (non-hydrogen) atoms. The fraction of sp³-hybridized carbons (Fsp3) is 0.409. The standard InChI is InChI=1S/C22H26ClN5O3/c1-4-30-10-9-28-19-7-8-27(22(29)25-18-6-5-14(2)11-17(18)23)13-16(19)20(26-28)21-24-12-15(3)31-21/h5-6,11-12H,4,7-10,13H2,1-3H3,(H,25,29). The van der Waals surface area contributed by atoms with Gasteiger partial charge in [-0.1, -0.05) is 17.7 Å². The third-order valence-corrected chi connectivity index (χ3v) is 5.58. The van der Waals surface area contributed by atoms with E-state index in [2.05, 4.69) is 10.3 Å². The molecule has 0 spiro atoms. The van der Waals surface area contributed by atoms with E-state index in [9.17, 15) is 4.79 Å². The van der Waals surface area contributed by atoms with Crippen molar-refractivity contribution >= 4 is 23.3 Å². The smallest absolute Gasteiger partial charge is 0.322 e. The second-order valence-electron chi connectivity index (χ2n) is 7.55. The maximum atomic E-state index is 13.0. The summed E-state index contributed by atoms with van der Waals surface area (Å²) in [6.07, 6.45) is 2.36. The largest absolute Gasteiger partial charge is 0.440 e. The van der Waals surface area contributed by atoms with E-state index >= 15 is 0 Å². The normalized spacial score (nSPS) is 13.4. The van der Waals surface area contributed by atoms with Gasteiger partial charge in [0.2, 0.25) is 5.89 Å². The number of hydrogen-bond donors (Lipinski definition) is 1. The van der Waals surface area contributed by atoms with E-state index in [-0.39, 0.29) is 6.03 Å². The highest BCUT2D eigenvalue weighted by Crippen LogP contribution is 2.31. The molecule has 9 heteroatoms. The lowest BCUT2D eigenvalue weighted by atomic mass is 10.1. The summed E-state index contributed by atoms with van der Waals surface area (Å²) in [5.74, 6) is 1.18. The molecule has 2 aromatic heterocycles. The van der Waals surface area contributed by atoms with E-state index in [4.69, 9.17) is 25.9 Å². The summed E-state index contributed by atoms with van der Waals surface area (Å²) < 4.78 is 13.2. The third-order valence-electron chi connectivity index (χ3n) is 5.26. The number of urea groups is 1. The first-order valence-electron chi connectivity index (χ1n) is 10.4. The molecule has 0 bridgehead atoms. The molecule has 1 aromatic carbocycles. The minimum atomic E-state index is -0.201. The van der Waals surface area contributed by atoms with Gasteiger partial charge in [-0.15, -0.1) is 0 Å². The molecule has 1 N–H and O–H groups in total. The SMILES string of the molecule is CCOCCn1nc(-c2ncc(C)o2)c2c1CCN(C(=O)Nc1ccc(C)cc1Cl)C2. The second-order valence-corrected chi connectivity index (χ2v) is 7.96. The summed E-state index contributed by atoms with van der Waals surface area (Å²) in [5.41, 5.74) is 4.35. The average molecular weight is 444 g/mol. The van der Waals surface area contributed by atoms with Crippen LogP contribution in [0.4, 0.5) is 10.5 Å². The molecule has 2 amide bonds. The van der Waals surface area contributed by atoms with Crippen LogP contribution in [0.25, 0.3) is 11.6 Å². The van der Waals surface area contributed by atoms with Crippen LogP contribution in [-0.2, 0) is 24.2 Å². The van der Waals surface area contributed by atoms with Crippen molar-refractivity contribution in [3.05, 3.63) is 52.0 Å². The van der Waals surface area contributed by atoms with E-state index in [0.717, 1.165) is 16.8 Å². The molecule has 0 fully saturated rings. The fourth-order valence-electron chi connectivity index (χ4n) is 3.70. The van der Waals surface area contributed by atoms with Gasteiger partial charge in [0.15, 0.2) is 5.69 Å². The van der Waals surface area contributed by atoms with Crippen molar-refractivity contribution in [2.75, 3.05) is 25.1 Å². The molecule has 4 rings (SSSR count). The number of aromatic nitrogens is 3. The number of halogens is 1. The fourth-order valence-corrected chi connectivity index (χ4v) is 3.98. The van der Waals surface area contributed by atoms with Crippen LogP contribution in [0.5, 0.6) is 0 Å². The van der Waals surface area contributed by atoms with Crippen molar-refractivity contribution in [3.8, 4) is 11.6 Å². The number of rotatable bonds is 6. The predicted molar refractivity (Wildman–Crippen MR) is 118 cm³/mol. The molecule has 1 aliphatic heterocycles. The highest BCUT2D eigenvalue weighted by molar-refractivity contribution is 6.33. The number of nitrogens with one attached hydrogen (secondary N) is 1. The maximum absolute atomic E-state index is 13.0.